The van der Waals surface area contributed by atoms with Crippen LogP contribution in [0, 0.1) is 0 Å². The first-order valence-corrected chi connectivity index (χ1v) is 8.52. The first kappa shape index (κ1) is 18.8. The summed E-state index contributed by atoms with van der Waals surface area (Å²) < 4.78 is 10.9. The third-order valence-electron chi connectivity index (χ3n) is 3.95. The molecule has 0 atom stereocenters. The van der Waals surface area contributed by atoms with Crippen LogP contribution in [0.5, 0.6) is 11.5 Å². The summed E-state index contributed by atoms with van der Waals surface area (Å²) in [6.07, 6.45) is 0.772. The Morgan fingerprint density at radius 1 is 1.04 bits per heavy atom. The molecule has 0 aliphatic carbocycles. The van der Waals surface area contributed by atoms with Crippen molar-refractivity contribution in [1.29, 1.82) is 0 Å². The lowest BCUT2D eigenvalue weighted by Gasteiger charge is -2.22. The molecule has 0 heterocycles. The van der Waals surface area contributed by atoms with Gasteiger partial charge >= 0.3 is 0 Å². The van der Waals surface area contributed by atoms with Gasteiger partial charge in [0.05, 0.1) is 7.11 Å². The van der Waals surface area contributed by atoms with Gasteiger partial charge in [-0.3, -0.25) is 4.79 Å². The van der Waals surface area contributed by atoms with E-state index in [-0.39, 0.29) is 17.9 Å². The third kappa shape index (κ3) is 5.82. The van der Waals surface area contributed by atoms with E-state index in [2.05, 4.69) is 26.1 Å². The number of methoxy groups -OCH3 is 1. The summed E-state index contributed by atoms with van der Waals surface area (Å²) in [4.78, 5) is 12.0. The van der Waals surface area contributed by atoms with E-state index >= 15 is 0 Å². The standard InChI is InChI=1S/C21H27NO3/c1-21(2,3)18-7-5-6-8-19(18)25-15-20(23)22-14-13-16-9-11-17(24-4)12-10-16/h5-12H,13-15H2,1-4H3,(H,22,23). The second-order valence-electron chi connectivity index (χ2n) is 6.98. The molecule has 4 nitrogen and oxygen atoms in total. The van der Waals surface area contributed by atoms with Crippen LogP contribution >= 0.6 is 0 Å². The van der Waals surface area contributed by atoms with Crippen molar-refractivity contribution >= 4 is 5.91 Å². The highest BCUT2D eigenvalue weighted by atomic mass is 16.5. The molecule has 25 heavy (non-hydrogen) atoms. The SMILES string of the molecule is COc1ccc(CCNC(=O)COc2ccccc2C(C)(C)C)cc1. The number of carbonyl (C=O) groups is 1. The van der Waals surface area contributed by atoms with Gasteiger partial charge in [0.2, 0.25) is 0 Å². The third-order valence-corrected chi connectivity index (χ3v) is 3.95. The number of para-hydroxylation sites is 1. The molecule has 1 amide bonds. The minimum atomic E-state index is -0.114. The van der Waals surface area contributed by atoms with Crippen LogP contribution in [0.15, 0.2) is 48.5 Å². The van der Waals surface area contributed by atoms with E-state index in [0.29, 0.717) is 6.54 Å². The summed E-state index contributed by atoms with van der Waals surface area (Å²) >= 11 is 0. The molecule has 0 fully saturated rings. The van der Waals surface area contributed by atoms with Crippen molar-refractivity contribution in [1.82, 2.24) is 5.32 Å². The van der Waals surface area contributed by atoms with Gasteiger partial charge in [0.25, 0.3) is 5.91 Å². The Hall–Kier alpha value is -2.49. The largest absolute Gasteiger partial charge is 0.497 e. The summed E-state index contributed by atoms with van der Waals surface area (Å²) in [5.74, 6) is 1.48. The fraction of sp³-hybridized carbons (Fsp3) is 0.381. The van der Waals surface area contributed by atoms with E-state index in [1.807, 2.05) is 48.5 Å². The Morgan fingerprint density at radius 3 is 2.36 bits per heavy atom. The predicted octanol–water partition coefficient (Wildman–Crippen LogP) is 3.73. The first-order valence-electron chi connectivity index (χ1n) is 8.52. The van der Waals surface area contributed by atoms with Gasteiger partial charge in [-0.05, 0) is 41.2 Å². The Bertz CT molecular complexity index is 687. The van der Waals surface area contributed by atoms with Crippen molar-refractivity contribution in [2.75, 3.05) is 20.3 Å². The van der Waals surface area contributed by atoms with Crippen molar-refractivity contribution in [3.05, 3.63) is 59.7 Å². The number of amides is 1. The summed E-state index contributed by atoms with van der Waals surface area (Å²) in [5.41, 5.74) is 2.22. The van der Waals surface area contributed by atoms with E-state index in [0.717, 1.165) is 29.0 Å². The molecule has 2 aromatic rings. The van der Waals surface area contributed by atoms with E-state index < -0.39 is 0 Å². The molecule has 134 valence electrons. The maximum absolute atomic E-state index is 12.0. The lowest BCUT2D eigenvalue weighted by Crippen LogP contribution is -2.31. The summed E-state index contributed by atoms with van der Waals surface area (Å²) in [6, 6.07) is 15.7. The Labute approximate surface area is 150 Å². The predicted molar refractivity (Wildman–Crippen MR) is 100 cm³/mol. The molecule has 2 aromatic carbocycles. The number of nitrogens with one attached hydrogen (secondary N) is 1. The second kappa shape index (κ2) is 8.56. The number of ether oxygens (including phenoxy) is 2. The molecule has 2 rings (SSSR count). The minimum absolute atomic E-state index is 0.0235. The zero-order valence-corrected chi connectivity index (χ0v) is 15.5. The number of hydrogen-bond donors (Lipinski definition) is 1. The lowest BCUT2D eigenvalue weighted by molar-refractivity contribution is -0.123. The maximum atomic E-state index is 12.0. The Morgan fingerprint density at radius 2 is 1.72 bits per heavy atom. The fourth-order valence-electron chi connectivity index (χ4n) is 2.54. The van der Waals surface area contributed by atoms with E-state index in [9.17, 15) is 4.79 Å². The number of rotatable bonds is 7. The minimum Gasteiger partial charge on any atom is -0.497 e. The van der Waals surface area contributed by atoms with Gasteiger partial charge in [0.15, 0.2) is 6.61 Å². The van der Waals surface area contributed by atoms with Gasteiger partial charge in [0.1, 0.15) is 11.5 Å². The molecular formula is C21H27NO3. The summed E-state index contributed by atoms with van der Waals surface area (Å²) in [7, 11) is 1.65. The molecule has 0 spiro atoms. The molecule has 0 radical (unpaired) electrons. The highest BCUT2D eigenvalue weighted by Crippen LogP contribution is 2.30. The van der Waals surface area contributed by atoms with Gasteiger partial charge in [-0.25, -0.2) is 0 Å². The zero-order chi connectivity index (χ0) is 18.3. The number of carbonyl (C=O) groups excluding carboxylic acids is 1. The van der Waals surface area contributed by atoms with Crippen molar-refractivity contribution in [2.24, 2.45) is 0 Å². The normalized spacial score (nSPS) is 11.0. The van der Waals surface area contributed by atoms with Gasteiger partial charge in [-0.2, -0.15) is 0 Å². The first-order chi connectivity index (χ1) is 11.9. The molecule has 0 aliphatic rings. The molecule has 0 bridgehead atoms. The van der Waals surface area contributed by atoms with Crippen molar-refractivity contribution in [3.63, 3.8) is 0 Å². The molecule has 1 N–H and O–H groups in total. The molecule has 0 saturated heterocycles. The van der Waals surface area contributed by atoms with Crippen molar-refractivity contribution in [2.45, 2.75) is 32.6 Å². The van der Waals surface area contributed by atoms with Crippen molar-refractivity contribution in [3.8, 4) is 11.5 Å². The quantitative estimate of drug-likeness (QED) is 0.835. The van der Waals surface area contributed by atoms with Crippen LogP contribution in [0.4, 0.5) is 0 Å². The number of hydrogen-bond acceptors (Lipinski definition) is 3. The van der Waals surface area contributed by atoms with Crippen LogP contribution in [0.3, 0.4) is 0 Å². The van der Waals surface area contributed by atoms with Crippen LogP contribution in [0.1, 0.15) is 31.9 Å². The summed E-state index contributed by atoms with van der Waals surface area (Å²) in [6.45, 7) is 6.99. The van der Waals surface area contributed by atoms with Crippen LogP contribution in [-0.2, 0) is 16.6 Å². The number of benzene rings is 2. The highest BCUT2D eigenvalue weighted by Gasteiger charge is 2.18. The maximum Gasteiger partial charge on any atom is 0.257 e. The molecule has 0 aliphatic heterocycles. The van der Waals surface area contributed by atoms with E-state index in [4.69, 9.17) is 9.47 Å². The Balaban J connectivity index is 1.79. The van der Waals surface area contributed by atoms with E-state index in [1.165, 1.54) is 0 Å². The van der Waals surface area contributed by atoms with Crippen LogP contribution < -0.4 is 14.8 Å². The molecule has 0 saturated carbocycles. The Kier molecular flexibility index (Phi) is 6.45. The average Bonchev–Trinajstić information content (AvgIpc) is 2.60. The fourth-order valence-corrected chi connectivity index (χ4v) is 2.54. The lowest BCUT2D eigenvalue weighted by atomic mass is 9.86. The average molecular weight is 341 g/mol. The molecular weight excluding hydrogens is 314 g/mol. The van der Waals surface area contributed by atoms with Crippen LogP contribution in [-0.4, -0.2) is 26.2 Å². The molecule has 0 unspecified atom stereocenters. The van der Waals surface area contributed by atoms with Crippen LogP contribution in [0.2, 0.25) is 0 Å². The van der Waals surface area contributed by atoms with Crippen LogP contribution in [0.25, 0.3) is 0 Å². The van der Waals surface area contributed by atoms with Crippen molar-refractivity contribution < 1.29 is 14.3 Å². The second-order valence-corrected chi connectivity index (χ2v) is 6.98. The monoisotopic (exact) mass is 341 g/mol. The van der Waals surface area contributed by atoms with Gasteiger partial charge in [0, 0.05) is 6.54 Å². The molecule has 4 heteroatoms. The zero-order valence-electron chi connectivity index (χ0n) is 15.5. The van der Waals surface area contributed by atoms with E-state index in [1.54, 1.807) is 7.11 Å². The van der Waals surface area contributed by atoms with Gasteiger partial charge in [-0.15, -0.1) is 0 Å². The molecule has 0 aromatic heterocycles. The van der Waals surface area contributed by atoms with Gasteiger partial charge in [-0.1, -0.05) is 51.1 Å². The summed E-state index contributed by atoms with van der Waals surface area (Å²) in [5, 5.41) is 2.89. The van der Waals surface area contributed by atoms with Gasteiger partial charge < -0.3 is 14.8 Å². The highest BCUT2D eigenvalue weighted by molar-refractivity contribution is 5.77. The smallest absolute Gasteiger partial charge is 0.257 e. The topological polar surface area (TPSA) is 47.6 Å².